The Bertz CT molecular complexity index is 249. The zero-order valence-corrected chi connectivity index (χ0v) is 6.75. The van der Waals surface area contributed by atoms with Gasteiger partial charge in [-0.15, -0.1) is 0 Å². The Hall–Kier alpha value is -0.845. The maximum Gasteiger partial charge on any atom is 0.510 e. The van der Waals surface area contributed by atoms with Crippen LogP contribution in [0.15, 0.2) is 12.3 Å². The Balaban J connectivity index is 2.64. The molecule has 0 unspecified atom stereocenters. The van der Waals surface area contributed by atoms with Gasteiger partial charge in [-0.2, -0.15) is 5.10 Å². The van der Waals surface area contributed by atoms with Crippen LogP contribution in [0.1, 0.15) is 6.92 Å². The number of hydrogen-bond donors (Lipinski definition) is 3. The van der Waals surface area contributed by atoms with Crippen LogP contribution < -0.4 is 5.59 Å². The minimum atomic E-state index is -1.54. The predicted molar refractivity (Wildman–Crippen MR) is 43.7 cm³/mol. The second-order valence-corrected chi connectivity index (χ2v) is 2.69. The molecule has 0 bridgehead atoms. The molecule has 3 N–H and O–H groups in total. The van der Waals surface area contributed by atoms with E-state index in [-0.39, 0.29) is 5.59 Å². The standard InChI is InChI=1S/C6H11BN2O3/c1-5(10)4-9-3-2-6(8-9)7(11)12/h2-3,5,10-12H,4H2,1H3/t5-/m1/s1. The van der Waals surface area contributed by atoms with Crippen LogP contribution in [0.25, 0.3) is 0 Å². The number of rotatable bonds is 3. The fourth-order valence-corrected chi connectivity index (χ4v) is 0.887. The van der Waals surface area contributed by atoms with Gasteiger partial charge in [0, 0.05) is 6.20 Å². The number of hydrogen-bond acceptors (Lipinski definition) is 4. The molecule has 6 heteroatoms. The van der Waals surface area contributed by atoms with Crippen LogP contribution in [0.2, 0.25) is 0 Å². The van der Waals surface area contributed by atoms with Crippen molar-refractivity contribution in [2.24, 2.45) is 0 Å². The highest BCUT2D eigenvalue weighted by Crippen LogP contribution is 1.88. The first-order valence-electron chi connectivity index (χ1n) is 3.67. The Labute approximate surface area is 70.4 Å². The summed E-state index contributed by atoms with van der Waals surface area (Å²) in [6.45, 7) is 1.99. The van der Waals surface area contributed by atoms with Gasteiger partial charge in [0.25, 0.3) is 0 Å². The van der Waals surface area contributed by atoms with E-state index in [4.69, 9.17) is 15.2 Å². The smallest absolute Gasteiger partial charge is 0.422 e. The van der Waals surface area contributed by atoms with E-state index in [0.717, 1.165) is 0 Å². The molecule has 0 fully saturated rings. The third-order valence-corrected chi connectivity index (χ3v) is 1.38. The molecule has 0 aliphatic heterocycles. The highest BCUT2D eigenvalue weighted by molar-refractivity contribution is 6.57. The van der Waals surface area contributed by atoms with Crippen LogP contribution in [0.5, 0.6) is 0 Å². The van der Waals surface area contributed by atoms with Crippen LogP contribution in [0, 0.1) is 0 Å². The van der Waals surface area contributed by atoms with E-state index in [1.807, 2.05) is 0 Å². The maximum atomic E-state index is 8.97. The molecule has 1 aromatic heterocycles. The highest BCUT2D eigenvalue weighted by atomic mass is 16.4. The molecule has 1 aromatic rings. The third-order valence-electron chi connectivity index (χ3n) is 1.38. The minimum absolute atomic E-state index is 0.190. The molecule has 0 amide bonds. The molecular weight excluding hydrogens is 159 g/mol. The van der Waals surface area contributed by atoms with Gasteiger partial charge in [-0.05, 0) is 13.0 Å². The molecule has 0 aromatic carbocycles. The fourth-order valence-electron chi connectivity index (χ4n) is 0.887. The van der Waals surface area contributed by atoms with Crippen molar-refractivity contribution in [2.45, 2.75) is 19.6 Å². The lowest BCUT2D eigenvalue weighted by molar-refractivity contribution is 0.168. The lowest BCUT2D eigenvalue weighted by atomic mass is 9.87. The van der Waals surface area contributed by atoms with Crippen molar-refractivity contribution >= 4 is 12.7 Å². The van der Waals surface area contributed by atoms with Crippen molar-refractivity contribution in [3.05, 3.63) is 12.3 Å². The molecule has 1 atom stereocenters. The average Bonchev–Trinajstić information content (AvgIpc) is 2.34. The van der Waals surface area contributed by atoms with E-state index < -0.39 is 13.2 Å². The molecule has 1 rings (SSSR count). The largest absolute Gasteiger partial charge is 0.510 e. The van der Waals surface area contributed by atoms with Gasteiger partial charge in [0.1, 0.15) is 0 Å². The van der Waals surface area contributed by atoms with Crippen LogP contribution >= 0.6 is 0 Å². The van der Waals surface area contributed by atoms with Gasteiger partial charge in [-0.1, -0.05) is 0 Å². The summed E-state index contributed by atoms with van der Waals surface area (Å²) in [4.78, 5) is 0. The molecule has 0 aliphatic carbocycles. The van der Waals surface area contributed by atoms with Gasteiger partial charge in [0.2, 0.25) is 0 Å². The van der Waals surface area contributed by atoms with Crippen LogP contribution in [-0.4, -0.2) is 38.2 Å². The zero-order chi connectivity index (χ0) is 9.14. The van der Waals surface area contributed by atoms with E-state index in [0.29, 0.717) is 6.54 Å². The average molecular weight is 170 g/mol. The summed E-state index contributed by atoms with van der Waals surface area (Å²) < 4.78 is 1.46. The van der Waals surface area contributed by atoms with Gasteiger partial charge in [-0.3, -0.25) is 4.68 Å². The molecule has 0 aliphatic rings. The summed E-state index contributed by atoms with van der Waals surface area (Å²) in [5, 5.41) is 30.2. The van der Waals surface area contributed by atoms with E-state index >= 15 is 0 Å². The van der Waals surface area contributed by atoms with Crippen LogP contribution in [-0.2, 0) is 6.54 Å². The van der Waals surface area contributed by atoms with Crippen molar-refractivity contribution in [1.29, 1.82) is 0 Å². The monoisotopic (exact) mass is 170 g/mol. The zero-order valence-electron chi connectivity index (χ0n) is 6.75. The lowest BCUT2D eigenvalue weighted by Crippen LogP contribution is -2.32. The molecular formula is C6H11BN2O3. The molecule has 12 heavy (non-hydrogen) atoms. The Morgan fingerprint density at radius 1 is 1.67 bits per heavy atom. The molecule has 0 spiro atoms. The summed E-state index contributed by atoms with van der Waals surface area (Å²) in [7, 11) is -1.54. The minimum Gasteiger partial charge on any atom is -0.422 e. The number of aliphatic hydroxyl groups excluding tert-OH is 1. The molecule has 0 radical (unpaired) electrons. The fraction of sp³-hybridized carbons (Fsp3) is 0.500. The Morgan fingerprint density at radius 2 is 2.33 bits per heavy atom. The van der Waals surface area contributed by atoms with Crippen LogP contribution in [0.4, 0.5) is 0 Å². The summed E-state index contributed by atoms with van der Waals surface area (Å²) in [6, 6.07) is 1.49. The van der Waals surface area contributed by atoms with Crippen molar-refractivity contribution in [3.8, 4) is 0 Å². The molecule has 1 heterocycles. The molecule has 0 saturated carbocycles. The number of nitrogens with zero attached hydrogens (tertiary/aromatic N) is 2. The lowest BCUT2D eigenvalue weighted by Gasteiger charge is -2.02. The van der Waals surface area contributed by atoms with Crippen molar-refractivity contribution in [2.75, 3.05) is 0 Å². The van der Waals surface area contributed by atoms with E-state index in [1.165, 1.54) is 10.7 Å². The topological polar surface area (TPSA) is 78.5 Å². The van der Waals surface area contributed by atoms with Crippen molar-refractivity contribution in [1.82, 2.24) is 9.78 Å². The number of aliphatic hydroxyl groups is 1. The summed E-state index contributed by atoms with van der Waals surface area (Å²) in [5.41, 5.74) is 0.190. The van der Waals surface area contributed by atoms with Crippen molar-refractivity contribution < 1.29 is 15.2 Å². The van der Waals surface area contributed by atoms with Crippen LogP contribution in [0.3, 0.4) is 0 Å². The molecule has 5 nitrogen and oxygen atoms in total. The highest BCUT2D eigenvalue weighted by Gasteiger charge is 2.14. The second kappa shape index (κ2) is 3.71. The second-order valence-electron chi connectivity index (χ2n) is 2.69. The summed E-state index contributed by atoms with van der Waals surface area (Å²) in [5.74, 6) is 0. The number of aromatic nitrogens is 2. The van der Waals surface area contributed by atoms with E-state index in [1.54, 1.807) is 13.1 Å². The first-order chi connectivity index (χ1) is 5.59. The SMILES string of the molecule is C[C@@H](O)Cn1ccc(B(O)O)n1. The third kappa shape index (κ3) is 2.33. The van der Waals surface area contributed by atoms with Gasteiger partial charge < -0.3 is 15.2 Å². The van der Waals surface area contributed by atoms with Gasteiger partial charge in [-0.25, -0.2) is 0 Å². The Kier molecular flexibility index (Phi) is 2.85. The summed E-state index contributed by atoms with van der Waals surface area (Å²) >= 11 is 0. The molecule has 0 saturated heterocycles. The van der Waals surface area contributed by atoms with E-state index in [9.17, 15) is 0 Å². The first kappa shape index (κ1) is 9.24. The van der Waals surface area contributed by atoms with Gasteiger partial charge >= 0.3 is 7.12 Å². The van der Waals surface area contributed by atoms with Gasteiger partial charge in [0.15, 0.2) is 0 Å². The normalized spacial score (nSPS) is 13.0. The Morgan fingerprint density at radius 3 is 2.75 bits per heavy atom. The predicted octanol–water partition coefficient (Wildman–Crippen LogP) is -2.06. The summed E-state index contributed by atoms with van der Waals surface area (Å²) in [6.07, 6.45) is 1.09. The quantitative estimate of drug-likeness (QED) is 0.456. The first-order valence-corrected chi connectivity index (χ1v) is 3.67. The maximum absolute atomic E-state index is 8.97. The van der Waals surface area contributed by atoms with Gasteiger partial charge in [0.05, 0.1) is 18.2 Å². The molecule has 66 valence electrons. The van der Waals surface area contributed by atoms with Crippen molar-refractivity contribution in [3.63, 3.8) is 0 Å². The van der Waals surface area contributed by atoms with E-state index in [2.05, 4.69) is 5.10 Å².